The molecule has 84 valence electrons. The van der Waals surface area contributed by atoms with Crippen LogP contribution in [0.15, 0.2) is 23.0 Å². The van der Waals surface area contributed by atoms with Crippen LogP contribution in [-0.4, -0.2) is 20.4 Å². The van der Waals surface area contributed by atoms with Crippen LogP contribution in [0.3, 0.4) is 0 Å². The van der Waals surface area contributed by atoms with Gasteiger partial charge in [-0.25, -0.2) is 4.79 Å². The predicted molar refractivity (Wildman–Crippen MR) is 59.8 cm³/mol. The summed E-state index contributed by atoms with van der Waals surface area (Å²) >= 11 is 0. The number of benzene rings is 1. The highest BCUT2D eigenvalue weighted by molar-refractivity contribution is 5.93. The second-order valence-electron chi connectivity index (χ2n) is 3.58. The average molecular weight is 220 g/mol. The van der Waals surface area contributed by atoms with Gasteiger partial charge in [0, 0.05) is 13.6 Å². The number of carboxylic acids is 1. The minimum atomic E-state index is -1.02. The molecule has 0 bridgehead atoms. The fourth-order valence-electron chi connectivity index (χ4n) is 1.88. The molecule has 16 heavy (non-hydrogen) atoms. The first kappa shape index (κ1) is 10.5. The first-order chi connectivity index (χ1) is 7.56. The Morgan fingerprint density at radius 3 is 2.69 bits per heavy atom. The van der Waals surface area contributed by atoms with E-state index in [1.807, 2.05) is 6.92 Å². The van der Waals surface area contributed by atoms with Crippen molar-refractivity contribution in [1.82, 2.24) is 9.36 Å². The van der Waals surface area contributed by atoms with Crippen molar-refractivity contribution in [2.24, 2.45) is 7.05 Å². The fraction of sp³-hybridized carbons (Fsp3) is 0.273. The maximum atomic E-state index is 11.9. The molecule has 0 aliphatic rings. The zero-order valence-corrected chi connectivity index (χ0v) is 9.10. The number of aromatic nitrogens is 2. The monoisotopic (exact) mass is 220 g/mol. The van der Waals surface area contributed by atoms with Crippen LogP contribution in [0.2, 0.25) is 0 Å². The van der Waals surface area contributed by atoms with Crippen LogP contribution in [0, 0.1) is 0 Å². The molecule has 0 spiro atoms. The van der Waals surface area contributed by atoms with E-state index in [-0.39, 0.29) is 11.1 Å². The third-order valence-electron chi connectivity index (χ3n) is 2.72. The lowest BCUT2D eigenvalue weighted by atomic mass is 10.1. The largest absolute Gasteiger partial charge is 0.478 e. The standard InChI is InChI=1S/C11H12N2O3/c1-3-13-10(14)8-6-7(11(15)16)4-5-9(8)12(13)2/h4-6H,3H2,1-2H3,(H,15,16). The average Bonchev–Trinajstić information content (AvgIpc) is 2.51. The quantitative estimate of drug-likeness (QED) is 0.823. The molecule has 2 aromatic rings. The van der Waals surface area contributed by atoms with Gasteiger partial charge < -0.3 is 5.11 Å². The Morgan fingerprint density at radius 1 is 1.44 bits per heavy atom. The first-order valence-corrected chi connectivity index (χ1v) is 4.99. The summed E-state index contributed by atoms with van der Waals surface area (Å²) in [6.45, 7) is 2.44. The number of hydrogen-bond donors (Lipinski definition) is 1. The molecule has 0 radical (unpaired) electrons. The normalized spacial score (nSPS) is 10.9. The number of nitrogens with zero attached hydrogens (tertiary/aromatic N) is 2. The molecule has 1 heterocycles. The highest BCUT2D eigenvalue weighted by Gasteiger charge is 2.11. The highest BCUT2D eigenvalue weighted by Crippen LogP contribution is 2.13. The van der Waals surface area contributed by atoms with Gasteiger partial charge in [-0.3, -0.25) is 14.2 Å². The lowest BCUT2D eigenvalue weighted by Gasteiger charge is -2.02. The predicted octanol–water partition coefficient (Wildman–Crippen LogP) is 1.06. The second kappa shape index (κ2) is 3.52. The second-order valence-corrected chi connectivity index (χ2v) is 3.58. The Bertz CT molecular complexity index is 622. The van der Waals surface area contributed by atoms with Gasteiger partial charge >= 0.3 is 5.97 Å². The molecule has 0 fully saturated rings. The Morgan fingerprint density at radius 2 is 2.12 bits per heavy atom. The van der Waals surface area contributed by atoms with Crippen LogP contribution in [0.1, 0.15) is 17.3 Å². The molecular formula is C11H12N2O3. The number of aromatic carboxylic acids is 1. The molecule has 0 aliphatic carbocycles. The van der Waals surface area contributed by atoms with Gasteiger partial charge in [-0.15, -0.1) is 0 Å². The van der Waals surface area contributed by atoms with Gasteiger partial charge in [-0.1, -0.05) is 0 Å². The molecule has 5 heteroatoms. The molecule has 2 rings (SSSR count). The number of carboxylic acid groups (broad SMARTS) is 1. The Balaban J connectivity index is 2.85. The van der Waals surface area contributed by atoms with E-state index >= 15 is 0 Å². The lowest BCUT2D eigenvalue weighted by Crippen LogP contribution is -2.19. The Hall–Kier alpha value is -2.04. The molecule has 0 atom stereocenters. The van der Waals surface area contributed by atoms with Crippen LogP contribution in [-0.2, 0) is 13.6 Å². The zero-order chi connectivity index (χ0) is 11.9. The van der Waals surface area contributed by atoms with Crippen molar-refractivity contribution in [2.75, 3.05) is 0 Å². The summed E-state index contributed by atoms with van der Waals surface area (Å²) in [5.41, 5.74) is 0.735. The molecule has 1 N–H and O–H groups in total. The van der Waals surface area contributed by atoms with Crippen LogP contribution < -0.4 is 5.56 Å². The Labute approximate surface area is 91.5 Å². The van der Waals surface area contributed by atoms with Crippen LogP contribution in [0.25, 0.3) is 10.9 Å². The van der Waals surface area contributed by atoms with Crippen molar-refractivity contribution in [3.63, 3.8) is 0 Å². The van der Waals surface area contributed by atoms with E-state index < -0.39 is 5.97 Å². The third-order valence-corrected chi connectivity index (χ3v) is 2.72. The number of aryl methyl sites for hydroxylation is 1. The van der Waals surface area contributed by atoms with Crippen molar-refractivity contribution < 1.29 is 9.90 Å². The summed E-state index contributed by atoms with van der Waals surface area (Å²) in [6.07, 6.45) is 0. The lowest BCUT2D eigenvalue weighted by molar-refractivity contribution is 0.0697. The number of rotatable bonds is 2. The van der Waals surface area contributed by atoms with E-state index in [1.54, 1.807) is 22.5 Å². The fourth-order valence-corrected chi connectivity index (χ4v) is 1.88. The minimum Gasteiger partial charge on any atom is -0.478 e. The zero-order valence-electron chi connectivity index (χ0n) is 9.10. The van der Waals surface area contributed by atoms with E-state index in [4.69, 9.17) is 5.11 Å². The minimum absolute atomic E-state index is 0.137. The van der Waals surface area contributed by atoms with Gasteiger partial charge in [-0.2, -0.15) is 0 Å². The van der Waals surface area contributed by atoms with Gasteiger partial charge in [0.05, 0.1) is 16.5 Å². The molecule has 5 nitrogen and oxygen atoms in total. The van der Waals surface area contributed by atoms with Crippen LogP contribution in [0.5, 0.6) is 0 Å². The van der Waals surface area contributed by atoms with Gasteiger partial charge in [0.2, 0.25) is 0 Å². The summed E-state index contributed by atoms with van der Waals surface area (Å²) in [4.78, 5) is 22.7. The van der Waals surface area contributed by atoms with Crippen molar-refractivity contribution in [1.29, 1.82) is 0 Å². The van der Waals surface area contributed by atoms with Gasteiger partial charge in [0.15, 0.2) is 0 Å². The maximum Gasteiger partial charge on any atom is 0.335 e. The Kier molecular flexibility index (Phi) is 2.30. The molecule has 0 aliphatic heterocycles. The van der Waals surface area contributed by atoms with Crippen LogP contribution in [0.4, 0.5) is 0 Å². The van der Waals surface area contributed by atoms with E-state index in [0.29, 0.717) is 11.9 Å². The smallest absolute Gasteiger partial charge is 0.335 e. The molecule has 1 aromatic heterocycles. The summed E-state index contributed by atoms with van der Waals surface area (Å²) < 4.78 is 3.31. The van der Waals surface area contributed by atoms with E-state index in [1.165, 1.54) is 12.1 Å². The van der Waals surface area contributed by atoms with Crippen molar-refractivity contribution in [3.05, 3.63) is 34.1 Å². The summed E-state index contributed by atoms with van der Waals surface area (Å²) in [5, 5.41) is 9.30. The topological polar surface area (TPSA) is 64.2 Å². The molecular weight excluding hydrogens is 208 g/mol. The summed E-state index contributed by atoms with van der Waals surface area (Å²) in [5.74, 6) is -1.02. The van der Waals surface area contributed by atoms with E-state index in [9.17, 15) is 9.59 Å². The molecule has 0 amide bonds. The van der Waals surface area contributed by atoms with E-state index in [2.05, 4.69) is 0 Å². The first-order valence-electron chi connectivity index (χ1n) is 4.99. The molecule has 0 unspecified atom stereocenters. The third kappa shape index (κ3) is 1.32. The molecule has 1 aromatic carbocycles. The van der Waals surface area contributed by atoms with Crippen molar-refractivity contribution in [2.45, 2.75) is 13.5 Å². The summed E-state index contributed by atoms with van der Waals surface area (Å²) in [6, 6.07) is 4.59. The van der Waals surface area contributed by atoms with Crippen molar-refractivity contribution in [3.8, 4) is 0 Å². The van der Waals surface area contributed by atoms with Gasteiger partial charge in [0.1, 0.15) is 0 Å². The SMILES string of the molecule is CCn1c(=O)c2cc(C(=O)O)ccc2n1C. The number of carbonyl (C=O) groups is 1. The van der Waals surface area contributed by atoms with Gasteiger partial charge in [-0.05, 0) is 25.1 Å². The molecule has 0 saturated heterocycles. The number of fused-ring (bicyclic) bond motifs is 1. The molecule has 0 saturated carbocycles. The van der Waals surface area contributed by atoms with E-state index in [0.717, 1.165) is 5.52 Å². The summed E-state index contributed by atoms with van der Waals surface area (Å²) in [7, 11) is 1.79. The van der Waals surface area contributed by atoms with Crippen molar-refractivity contribution >= 4 is 16.9 Å². The number of hydrogen-bond acceptors (Lipinski definition) is 2. The highest BCUT2D eigenvalue weighted by atomic mass is 16.4. The van der Waals surface area contributed by atoms with Crippen LogP contribution >= 0.6 is 0 Å². The maximum absolute atomic E-state index is 11.9. The van der Waals surface area contributed by atoms with Gasteiger partial charge in [0.25, 0.3) is 5.56 Å².